The fraction of sp³-hybridized carbons (Fsp3) is 0.438. The van der Waals surface area contributed by atoms with E-state index in [-0.39, 0.29) is 12.6 Å². The molecule has 3 nitrogen and oxygen atoms in total. The van der Waals surface area contributed by atoms with E-state index in [4.69, 9.17) is 9.84 Å². The molecule has 104 valence electrons. The number of rotatable bonds is 9. The van der Waals surface area contributed by atoms with Crippen LogP contribution in [0.25, 0.3) is 0 Å². The van der Waals surface area contributed by atoms with E-state index in [9.17, 15) is 4.79 Å². The number of benzene rings is 1. The Balaban J connectivity index is 2.05. The second-order valence-corrected chi connectivity index (χ2v) is 4.36. The first-order chi connectivity index (χ1) is 9.34. The Morgan fingerprint density at radius 3 is 2.53 bits per heavy atom. The van der Waals surface area contributed by atoms with Crippen molar-refractivity contribution in [2.75, 3.05) is 13.2 Å². The lowest BCUT2D eigenvalue weighted by atomic mass is 10.1. The first-order valence-corrected chi connectivity index (χ1v) is 6.82. The van der Waals surface area contributed by atoms with Crippen molar-refractivity contribution in [3.63, 3.8) is 0 Å². The van der Waals surface area contributed by atoms with Gasteiger partial charge in [-0.3, -0.25) is 0 Å². The summed E-state index contributed by atoms with van der Waals surface area (Å²) >= 11 is 0. The maximum atomic E-state index is 11.6. The predicted molar refractivity (Wildman–Crippen MR) is 76.0 cm³/mol. The molecular weight excluding hydrogens is 240 g/mol. The van der Waals surface area contributed by atoms with Gasteiger partial charge in [0.2, 0.25) is 0 Å². The Bertz CT molecular complexity index is 371. The summed E-state index contributed by atoms with van der Waals surface area (Å²) in [4.78, 5) is 11.6. The topological polar surface area (TPSA) is 46.5 Å². The van der Waals surface area contributed by atoms with E-state index in [1.165, 1.54) is 0 Å². The van der Waals surface area contributed by atoms with E-state index in [1.54, 1.807) is 12.1 Å². The molecule has 0 saturated heterocycles. The quantitative estimate of drug-likeness (QED) is 0.422. The zero-order valence-corrected chi connectivity index (χ0v) is 11.3. The van der Waals surface area contributed by atoms with E-state index < -0.39 is 0 Å². The van der Waals surface area contributed by atoms with E-state index >= 15 is 0 Å². The normalized spacial score (nSPS) is 10.8. The second kappa shape index (κ2) is 10.3. The maximum absolute atomic E-state index is 11.6. The molecule has 0 fully saturated rings. The zero-order valence-electron chi connectivity index (χ0n) is 11.3. The molecule has 0 aromatic heterocycles. The van der Waals surface area contributed by atoms with Crippen LogP contribution in [0.1, 0.15) is 42.5 Å². The summed E-state index contributed by atoms with van der Waals surface area (Å²) in [6.45, 7) is 0.607. The lowest BCUT2D eigenvalue weighted by molar-refractivity contribution is 0.0549. The number of aliphatic hydroxyl groups excluding tert-OH is 1. The van der Waals surface area contributed by atoms with Crippen molar-refractivity contribution in [2.45, 2.75) is 32.1 Å². The van der Waals surface area contributed by atoms with Gasteiger partial charge < -0.3 is 9.84 Å². The third-order valence-electron chi connectivity index (χ3n) is 2.77. The van der Waals surface area contributed by atoms with Gasteiger partial charge in [0.05, 0.1) is 5.56 Å². The van der Waals surface area contributed by atoms with Crippen molar-refractivity contribution in [1.82, 2.24) is 0 Å². The molecule has 0 aliphatic rings. The van der Waals surface area contributed by atoms with Crippen LogP contribution >= 0.6 is 0 Å². The minimum atomic E-state index is -0.284. The van der Waals surface area contributed by atoms with Gasteiger partial charge in [0.1, 0.15) is 6.61 Å². The Morgan fingerprint density at radius 2 is 1.79 bits per heavy atom. The largest absolute Gasteiger partial charge is 0.458 e. The Morgan fingerprint density at radius 1 is 1.05 bits per heavy atom. The van der Waals surface area contributed by atoms with Crippen LogP contribution in [0, 0.1) is 0 Å². The molecule has 0 aliphatic heterocycles. The monoisotopic (exact) mass is 262 g/mol. The number of hydrogen-bond donors (Lipinski definition) is 1. The van der Waals surface area contributed by atoms with E-state index in [2.05, 4.69) is 0 Å². The SMILES string of the molecule is O=C(OC/C=C/CCCCCCO)c1ccccc1. The van der Waals surface area contributed by atoms with Crippen molar-refractivity contribution in [1.29, 1.82) is 0 Å². The smallest absolute Gasteiger partial charge is 0.338 e. The summed E-state index contributed by atoms with van der Waals surface area (Å²) in [5.41, 5.74) is 0.583. The van der Waals surface area contributed by atoms with Crippen LogP contribution in [-0.4, -0.2) is 24.3 Å². The molecule has 0 spiro atoms. The second-order valence-electron chi connectivity index (χ2n) is 4.36. The van der Waals surface area contributed by atoms with Gasteiger partial charge in [-0.2, -0.15) is 0 Å². The minimum absolute atomic E-state index is 0.283. The van der Waals surface area contributed by atoms with Gasteiger partial charge in [-0.15, -0.1) is 0 Å². The molecule has 1 rings (SSSR count). The van der Waals surface area contributed by atoms with Crippen LogP contribution in [0.15, 0.2) is 42.5 Å². The van der Waals surface area contributed by atoms with Crippen LogP contribution in [0.2, 0.25) is 0 Å². The highest BCUT2D eigenvalue weighted by Crippen LogP contribution is 2.04. The molecule has 0 bridgehead atoms. The van der Waals surface area contributed by atoms with Crippen LogP contribution in [0.4, 0.5) is 0 Å². The van der Waals surface area contributed by atoms with Crippen LogP contribution in [-0.2, 0) is 4.74 Å². The van der Waals surface area contributed by atoms with Gasteiger partial charge in [-0.25, -0.2) is 4.79 Å². The van der Waals surface area contributed by atoms with Crippen molar-refractivity contribution in [2.24, 2.45) is 0 Å². The Hall–Kier alpha value is -1.61. The van der Waals surface area contributed by atoms with E-state index in [1.807, 2.05) is 30.4 Å². The highest BCUT2D eigenvalue weighted by atomic mass is 16.5. The Kier molecular flexibility index (Phi) is 8.39. The minimum Gasteiger partial charge on any atom is -0.458 e. The summed E-state index contributed by atoms with van der Waals surface area (Å²) in [5.74, 6) is -0.284. The van der Waals surface area contributed by atoms with Gasteiger partial charge in [0, 0.05) is 6.61 Å². The Labute approximate surface area is 114 Å². The number of carbonyl (C=O) groups is 1. The fourth-order valence-corrected chi connectivity index (χ4v) is 1.69. The molecule has 0 heterocycles. The molecule has 1 N–H and O–H groups in total. The standard InChI is InChI=1S/C16H22O3/c17-13-9-4-2-1-3-5-10-14-19-16(18)15-11-7-6-8-12-15/h5-8,10-12,17H,1-4,9,13-14H2/b10-5+. The van der Waals surface area contributed by atoms with Crippen LogP contribution < -0.4 is 0 Å². The first kappa shape index (κ1) is 15.4. The molecule has 3 heteroatoms. The average Bonchev–Trinajstić information content (AvgIpc) is 2.46. The van der Waals surface area contributed by atoms with Crippen LogP contribution in [0.5, 0.6) is 0 Å². The average molecular weight is 262 g/mol. The van der Waals surface area contributed by atoms with Crippen molar-refractivity contribution >= 4 is 5.97 Å². The highest BCUT2D eigenvalue weighted by Gasteiger charge is 2.03. The molecule has 19 heavy (non-hydrogen) atoms. The van der Waals surface area contributed by atoms with Gasteiger partial charge in [0.25, 0.3) is 0 Å². The molecule has 0 saturated carbocycles. The molecule has 0 aliphatic carbocycles. The summed E-state index contributed by atoms with van der Waals surface area (Å²) in [6.07, 6.45) is 9.13. The molecule has 0 radical (unpaired) electrons. The van der Waals surface area contributed by atoms with E-state index in [0.717, 1.165) is 32.1 Å². The van der Waals surface area contributed by atoms with Crippen molar-refractivity contribution in [3.05, 3.63) is 48.0 Å². The number of unbranched alkanes of at least 4 members (excludes halogenated alkanes) is 4. The molecule has 1 aromatic carbocycles. The molecular formula is C16H22O3. The first-order valence-electron chi connectivity index (χ1n) is 6.82. The van der Waals surface area contributed by atoms with Gasteiger partial charge in [-0.05, 0) is 31.4 Å². The lowest BCUT2D eigenvalue weighted by Crippen LogP contribution is -2.04. The fourth-order valence-electron chi connectivity index (χ4n) is 1.69. The molecule has 0 unspecified atom stereocenters. The van der Waals surface area contributed by atoms with Gasteiger partial charge in [0.15, 0.2) is 0 Å². The number of hydrogen-bond acceptors (Lipinski definition) is 3. The number of ether oxygens (including phenoxy) is 1. The molecule has 0 amide bonds. The maximum Gasteiger partial charge on any atom is 0.338 e. The zero-order chi connectivity index (χ0) is 13.8. The predicted octanol–water partition coefficient (Wildman–Crippen LogP) is 3.34. The number of esters is 1. The summed E-state index contributed by atoms with van der Waals surface area (Å²) in [6, 6.07) is 8.99. The lowest BCUT2D eigenvalue weighted by Gasteiger charge is -2.01. The summed E-state index contributed by atoms with van der Waals surface area (Å²) in [5, 5.41) is 8.62. The van der Waals surface area contributed by atoms with Gasteiger partial charge >= 0.3 is 5.97 Å². The van der Waals surface area contributed by atoms with Gasteiger partial charge in [-0.1, -0.05) is 43.2 Å². The van der Waals surface area contributed by atoms with E-state index in [0.29, 0.717) is 12.2 Å². The third kappa shape index (κ3) is 7.42. The van der Waals surface area contributed by atoms with Crippen molar-refractivity contribution < 1.29 is 14.6 Å². The molecule has 0 atom stereocenters. The number of aliphatic hydroxyl groups is 1. The summed E-state index contributed by atoms with van der Waals surface area (Å²) in [7, 11) is 0. The molecule has 1 aromatic rings. The summed E-state index contributed by atoms with van der Waals surface area (Å²) < 4.78 is 5.11. The highest BCUT2D eigenvalue weighted by molar-refractivity contribution is 5.89. The number of carbonyl (C=O) groups excluding carboxylic acids is 1. The van der Waals surface area contributed by atoms with Crippen molar-refractivity contribution in [3.8, 4) is 0 Å². The third-order valence-corrected chi connectivity index (χ3v) is 2.77. The van der Waals surface area contributed by atoms with Crippen LogP contribution in [0.3, 0.4) is 0 Å². The number of allylic oxidation sites excluding steroid dienone is 1.